The van der Waals surface area contributed by atoms with Crippen molar-refractivity contribution in [3.05, 3.63) is 0 Å². The summed E-state index contributed by atoms with van der Waals surface area (Å²) < 4.78 is 0. The summed E-state index contributed by atoms with van der Waals surface area (Å²) in [5.74, 6) is 0. The summed E-state index contributed by atoms with van der Waals surface area (Å²) in [6.45, 7) is 4.16. The van der Waals surface area contributed by atoms with E-state index >= 15 is 0 Å². The molecule has 1 fully saturated rings. The van der Waals surface area contributed by atoms with Gasteiger partial charge in [-0.1, -0.05) is 11.8 Å². The summed E-state index contributed by atoms with van der Waals surface area (Å²) in [6.07, 6.45) is -1.21. The molecule has 2 nitrogen and oxygen atoms in total. The molecule has 0 radical (unpaired) electrons. The minimum Gasteiger partial charge on any atom is -0.276 e. The average Bonchev–Trinajstić information content (AvgIpc) is 1.84. The zero-order valence-corrected chi connectivity index (χ0v) is 5.98. The minimum absolute atomic E-state index is 1.05. The highest BCUT2D eigenvalue weighted by atomic mass is 32.4. The number of rotatable bonds is 0. The molecule has 0 aromatic rings. The van der Waals surface area contributed by atoms with Crippen molar-refractivity contribution >= 4 is 18.1 Å². The van der Waals surface area contributed by atoms with E-state index in [9.17, 15) is 0 Å². The van der Waals surface area contributed by atoms with E-state index in [4.69, 9.17) is 11.8 Å². The van der Waals surface area contributed by atoms with Gasteiger partial charge >= 0.3 is 0 Å². The van der Waals surface area contributed by atoms with Crippen molar-refractivity contribution in [3.8, 4) is 0 Å². The summed E-state index contributed by atoms with van der Waals surface area (Å²) in [5.41, 5.74) is 0. The molecule has 0 aromatic heterocycles. The Bertz CT molecular complexity index is 104. The van der Waals surface area contributed by atoms with Crippen LogP contribution in [0.4, 0.5) is 0 Å². The average molecular weight is 136 g/mol. The van der Waals surface area contributed by atoms with E-state index in [1.165, 1.54) is 0 Å². The van der Waals surface area contributed by atoms with Gasteiger partial charge in [-0.2, -0.15) is 0 Å². The second-order valence-corrected chi connectivity index (χ2v) is 6.41. The topological polar surface area (TPSA) is 24.1 Å². The molecule has 0 atom stereocenters. The third-order valence-electron chi connectivity index (χ3n) is 0.952. The summed E-state index contributed by atoms with van der Waals surface area (Å²) in [7, 11) is 0. The van der Waals surface area contributed by atoms with E-state index in [1.807, 2.05) is 0 Å². The molecule has 0 unspecified atom stereocenters. The van der Waals surface area contributed by atoms with Crippen molar-refractivity contribution in [2.45, 2.75) is 0 Å². The highest BCUT2D eigenvalue weighted by Crippen LogP contribution is 2.32. The van der Waals surface area contributed by atoms with Crippen LogP contribution in [-0.4, -0.2) is 19.8 Å². The van der Waals surface area contributed by atoms with Crippen LogP contribution in [0.15, 0.2) is 0 Å². The molecule has 0 aromatic carbocycles. The second kappa shape index (κ2) is 1.82. The Labute approximate surface area is 48.8 Å². The molecule has 1 aliphatic heterocycles. The van der Waals surface area contributed by atoms with E-state index in [0.29, 0.717) is 0 Å². The van der Waals surface area contributed by atoms with Crippen LogP contribution in [0.2, 0.25) is 0 Å². The zero-order chi connectivity index (χ0) is 5.33. The van der Waals surface area contributed by atoms with E-state index in [0.717, 1.165) is 13.1 Å². The highest BCUT2D eigenvalue weighted by molar-refractivity contribution is 8.12. The van der Waals surface area contributed by atoms with Gasteiger partial charge in [-0.3, -0.25) is 10.2 Å². The van der Waals surface area contributed by atoms with Gasteiger partial charge in [0.05, 0.1) is 6.34 Å². The Hall–Kier alpha value is 0.570. The van der Waals surface area contributed by atoms with Crippen molar-refractivity contribution in [1.82, 2.24) is 10.2 Å². The first-order valence-electron chi connectivity index (χ1n) is 2.28. The first kappa shape index (κ1) is 5.70. The largest absolute Gasteiger partial charge is 0.276 e. The standard InChI is InChI=1S/C3H9N2PS/c1-6(7)4-2-3-5-6/h2-3H2,1H3,(H2,4,5,7). The molecule has 0 spiro atoms. The lowest BCUT2D eigenvalue weighted by Crippen LogP contribution is -2.02. The van der Waals surface area contributed by atoms with Crippen LogP contribution in [0, 0.1) is 0 Å². The lowest BCUT2D eigenvalue weighted by molar-refractivity contribution is 0.942. The van der Waals surface area contributed by atoms with Gasteiger partial charge in [0.1, 0.15) is 0 Å². The maximum atomic E-state index is 5.10. The minimum atomic E-state index is -1.21. The first-order valence-corrected chi connectivity index (χ1v) is 5.53. The highest BCUT2D eigenvalue weighted by Gasteiger charge is 2.12. The fraction of sp³-hybridized carbons (Fsp3) is 1.00. The lowest BCUT2D eigenvalue weighted by Gasteiger charge is -2.05. The van der Waals surface area contributed by atoms with Crippen LogP contribution in [-0.2, 0) is 11.8 Å². The Kier molecular flexibility index (Phi) is 1.49. The molecular weight excluding hydrogens is 127 g/mol. The Balaban J connectivity index is 2.57. The van der Waals surface area contributed by atoms with Crippen LogP contribution in [0.3, 0.4) is 0 Å². The molecule has 1 aliphatic rings. The number of hydrogen-bond donors (Lipinski definition) is 2. The van der Waals surface area contributed by atoms with Gasteiger partial charge in [0.15, 0.2) is 0 Å². The fourth-order valence-corrected chi connectivity index (χ4v) is 2.33. The van der Waals surface area contributed by atoms with Gasteiger partial charge in [0.2, 0.25) is 0 Å². The zero-order valence-electron chi connectivity index (χ0n) is 4.27. The maximum absolute atomic E-state index is 5.10. The van der Waals surface area contributed by atoms with Crippen LogP contribution >= 0.6 is 6.34 Å². The molecule has 1 rings (SSSR count). The molecule has 1 saturated heterocycles. The molecular formula is C3H9N2PS. The van der Waals surface area contributed by atoms with Crippen LogP contribution in [0.25, 0.3) is 0 Å². The van der Waals surface area contributed by atoms with Crippen molar-refractivity contribution in [1.29, 1.82) is 0 Å². The monoisotopic (exact) mass is 136 g/mol. The maximum Gasteiger partial charge on any atom is 0.0694 e. The summed E-state index contributed by atoms with van der Waals surface area (Å²) in [4.78, 5) is 0. The predicted octanol–water partition coefficient (Wildman–Crippen LogP) is 0.118. The van der Waals surface area contributed by atoms with Gasteiger partial charge in [0.25, 0.3) is 0 Å². The summed E-state index contributed by atoms with van der Waals surface area (Å²) >= 11 is 5.10. The van der Waals surface area contributed by atoms with E-state index < -0.39 is 6.34 Å². The van der Waals surface area contributed by atoms with Gasteiger partial charge in [0, 0.05) is 13.1 Å². The molecule has 0 amide bonds. The molecule has 4 heteroatoms. The van der Waals surface area contributed by atoms with Crippen molar-refractivity contribution in [2.75, 3.05) is 19.8 Å². The van der Waals surface area contributed by atoms with Crippen LogP contribution in [0.5, 0.6) is 0 Å². The summed E-state index contributed by atoms with van der Waals surface area (Å²) in [6, 6.07) is 0. The Morgan fingerprint density at radius 3 is 2.00 bits per heavy atom. The third kappa shape index (κ3) is 1.50. The lowest BCUT2D eigenvalue weighted by atomic mass is 10.7. The van der Waals surface area contributed by atoms with Crippen molar-refractivity contribution in [2.24, 2.45) is 0 Å². The van der Waals surface area contributed by atoms with Gasteiger partial charge < -0.3 is 0 Å². The van der Waals surface area contributed by atoms with E-state index in [1.54, 1.807) is 0 Å². The van der Waals surface area contributed by atoms with Gasteiger partial charge in [-0.15, -0.1) is 0 Å². The molecule has 42 valence electrons. The molecule has 0 aliphatic carbocycles. The molecule has 0 saturated carbocycles. The first-order chi connectivity index (χ1) is 3.21. The molecule has 7 heavy (non-hydrogen) atoms. The predicted molar refractivity (Wildman–Crippen MR) is 36.2 cm³/mol. The van der Waals surface area contributed by atoms with Crippen molar-refractivity contribution < 1.29 is 0 Å². The molecule has 0 bridgehead atoms. The normalized spacial score (nSPS) is 28.1. The van der Waals surface area contributed by atoms with Crippen LogP contribution in [0.1, 0.15) is 0 Å². The van der Waals surface area contributed by atoms with E-state index in [-0.39, 0.29) is 0 Å². The number of hydrogen-bond acceptors (Lipinski definition) is 1. The Morgan fingerprint density at radius 1 is 1.43 bits per heavy atom. The fourth-order valence-electron chi connectivity index (χ4n) is 0.594. The van der Waals surface area contributed by atoms with Crippen molar-refractivity contribution in [3.63, 3.8) is 0 Å². The SMILES string of the molecule is CP1(=S)NCCN1. The van der Waals surface area contributed by atoms with Gasteiger partial charge in [-0.05, 0) is 6.66 Å². The Morgan fingerprint density at radius 2 is 1.86 bits per heavy atom. The van der Waals surface area contributed by atoms with Crippen LogP contribution < -0.4 is 10.2 Å². The third-order valence-corrected chi connectivity index (χ3v) is 3.38. The second-order valence-electron chi connectivity index (χ2n) is 1.74. The number of nitrogens with one attached hydrogen (secondary N) is 2. The van der Waals surface area contributed by atoms with Gasteiger partial charge in [-0.25, -0.2) is 0 Å². The molecule has 1 heterocycles. The van der Waals surface area contributed by atoms with E-state index in [2.05, 4.69) is 16.8 Å². The quantitative estimate of drug-likeness (QED) is 0.462. The smallest absolute Gasteiger partial charge is 0.0694 e. The molecule has 2 N–H and O–H groups in total. The summed E-state index contributed by atoms with van der Waals surface area (Å²) in [5, 5.41) is 6.42.